The zero-order valence-electron chi connectivity index (χ0n) is 15.8. The van der Waals surface area contributed by atoms with Crippen molar-refractivity contribution in [1.82, 2.24) is 10.1 Å². The second kappa shape index (κ2) is 7.72. The Hall–Kier alpha value is -3.35. The fraction of sp³-hybridized carbons (Fsp3) is 0.286. The Bertz CT molecular complexity index is 973. The number of hydrogen-bond donors (Lipinski definition) is 1. The third kappa shape index (κ3) is 3.69. The minimum Gasteiger partial charge on any atom is -0.497 e. The summed E-state index contributed by atoms with van der Waals surface area (Å²) in [6.45, 7) is 0. The number of carbonyl (C=O) groups is 1. The highest BCUT2D eigenvalue weighted by Gasteiger charge is 2.25. The molecule has 1 saturated carbocycles. The minimum atomic E-state index is -0.250. The molecule has 7 nitrogen and oxygen atoms in total. The predicted octanol–water partition coefficient (Wildman–Crippen LogP) is 4.27. The average Bonchev–Trinajstić information content (AvgIpc) is 3.15. The molecule has 1 N–H and O–H groups in total. The van der Waals surface area contributed by atoms with Crippen molar-refractivity contribution in [2.45, 2.75) is 25.2 Å². The van der Waals surface area contributed by atoms with Crippen molar-refractivity contribution in [3.8, 4) is 22.9 Å². The van der Waals surface area contributed by atoms with Gasteiger partial charge in [0, 0.05) is 40.9 Å². The number of amides is 1. The fourth-order valence-corrected chi connectivity index (χ4v) is 3.06. The molecule has 1 amide bonds. The summed E-state index contributed by atoms with van der Waals surface area (Å²) < 4.78 is 15.9. The smallest absolute Gasteiger partial charge is 0.255 e. The summed E-state index contributed by atoms with van der Waals surface area (Å²) in [4.78, 5) is 17.2. The van der Waals surface area contributed by atoms with Gasteiger partial charge in [-0.2, -0.15) is 4.98 Å². The van der Waals surface area contributed by atoms with Crippen LogP contribution in [0.1, 0.15) is 41.4 Å². The molecule has 0 saturated heterocycles. The molecule has 28 heavy (non-hydrogen) atoms. The van der Waals surface area contributed by atoms with Gasteiger partial charge in [0.15, 0.2) is 0 Å². The molecule has 1 aromatic heterocycles. The van der Waals surface area contributed by atoms with Gasteiger partial charge >= 0.3 is 0 Å². The third-order valence-electron chi connectivity index (χ3n) is 4.89. The van der Waals surface area contributed by atoms with Crippen LogP contribution in [0.25, 0.3) is 11.4 Å². The molecule has 0 bridgehead atoms. The number of aromatic nitrogens is 2. The van der Waals surface area contributed by atoms with Crippen LogP contribution in [0.3, 0.4) is 0 Å². The van der Waals surface area contributed by atoms with E-state index in [2.05, 4.69) is 15.5 Å². The zero-order chi connectivity index (χ0) is 19.5. The first kappa shape index (κ1) is 18.0. The first-order valence-electron chi connectivity index (χ1n) is 9.14. The number of ether oxygens (including phenoxy) is 2. The van der Waals surface area contributed by atoms with Gasteiger partial charge < -0.3 is 19.3 Å². The van der Waals surface area contributed by atoms with Gasteiger partial charge in [0.1, 0.15) is 11.5 Å². The van der Waals surface area contributed by atoms with Crippen LogP contribution in [0, 0.1) is 0 Å². The Morgan fingerprint density at radius 3 is 2.50 bits per heavy atom. The highest BCUT2D eigenvalue weighted by atomic mass is 16.5. The summed E-state index contributed by atoms with van der Waals surface area (Å²) >= 11 is 0. The van der Waals surface area contributed by atoms with Gasteiger partial charge in [-0.1, -0.05) is 23.7 Å². The maximum absolute atomic E-state index is 12.7. The molecule has 7 heteroatoms. The first-order valence-corrected chi connectivity index (χ1v) is 9.14. The molecule has 1 aliphatic rings. The summed E-state index contributed by atoms with van der Waals surface area (Å²) in [5.74, 6) is 2.49. The maximum atomic E-state index is 12.7. The lowest BCUT2D eigenvalue weighted by Crippen LogP contribution is -2.12. The number of rotatable bonds is 6. The van der Waals surface area contributed by atoms with E-state index < -0.39 is 0 Å². The topological polar surface area (TPSA) is 86.5 Å². The molecule has 1 heterocycles. The fourth-order valence-electron chi connectivity index (χ4n) is 3.06. The van der Waals surface area contributed by atoms with Crippen LogP contribution in [-0.2, 0) is 0 Å². The molecule has 3 aromatic rings. The van der Waals surface area contributed by atoms with E-state index in [1.165, 1.54) is 6.42 Å². The van der Waals surface area contributed by atoms with Crippen molar-refractivity contribution in [2.24, 2.45) is 0 Å². The zero-order valence-corrected chi connectivity index (χ0v) is 15.8. The minimum absolute atomic E-state index is 0.250. The van der Waals surface area contributed by atoms with E-state index in [0.717, 1.165) is 18.4 Å². The number of carbonyl (C=O) groups excluding carboxylic acids is 1. The van der Waals surface area contributed by atoms with Crippen molar-refractivity contribution in [3.63, 3.8) is 0 Å². The van der Waals surface area contributed by atoms with Gasteiger partial charge in [-0.05, 0) is 25.0 Å². The van der Waals surface area contributed by atoms with E-state index in [4.69, 9.17) is 14.0 Å². The van der Waals surface area contributed by atoms with Crippen molar-refractivity contribution in [3.05, 3.63) is 53.9 Å². The van der Waals surface area contributed by atoms with Crippen LogP contribution >= 0.6 is 0 Å². The lowest BCUT2D eigenvalue weighted by Gasteiger charge is -2.20. The van der Waals surface area contributed by atoms with Gasteiger partial charge in [-0.3, -0.25) is 4.79 Å². The Balaban J connectivity index is 1.54. The molecule has 0 atom stereocenters. The second-order valence-corrected chi connectivity index (χ2v) is 6.72. The van der Waals surface area contributed by atoms with Crippen molar-refractivity contribution in [1.29, 1.82) is 0 Å². The van der Waals surface area contributed by atoms with E-state index >= 15 is 0 Å². The summed E-state index contributed by atoms with van der Waals surface area (Å²) in [6, 6.07) is 12.4. The molecule has 144 valence electrons. The van der Waals surface area contributed by atoms with Gasteiger partial charge in [-0.15, -0.1) is 0 Å². The number of hydrogen-bond acceptors (Lipinski definition) is 6. The van der Waals surface area contributed by atoms with Crippen molar-refractivity contribution in [2.75, 3.05) is 19.5 Å². The van der Waals surface area contributed by atoms with Gasteiger partial charge in [0.2, 0.25) is 11.7 Å². The molecule has 0 unspecified atom stereocenters. The lowest BCUT2D eigenvalue weighted by molar-refractivity contribution is 0.102. The highest BCUT2D eigenvalue weighted by Crippen LogP contribution is 2.36. The molecule has 0 aliphatic heterocycles. The van der Waals surface area contributed by atoms with Crippen LogP contribution in [-0.4, -0.2) is 30.3 Å². The normalized spacial score (nSPS) is 13.6. The summed E-state index contributed by atoms with van der Waals surface area (Å²) in [5.41, 5.74) is 1.82. The number of nitrogens with zero attached hydrogens (tertiary/aromatic N) is 2. The molecule has 4 rings (SSSR count). The molecule has 0 spiro atoms. The summed E-state index contributed by atoms with van der Waals surface area (Å²) in [6.07, 6.45) is 3.38. The van der Waals surface area contributed by atoms with Gasteiger partial charge in [-0.25, -0.2) is 0 Å². The van der Waals surface area contributed by atoms with Crippen molar-refractivity contribution < 1.29 is 18.8 Å². The van der Waals surface area contributed by atoms with E-state index in [1.807, 2.05) is 6.07 Å². The lowest BCUT2D eigenvalue weighted by atomic mass is 9.85. The molecule has 1 aliphatic carbocycles. The molecular weight excluding hydrogens is 358 g/mol. The Kier molecular flexibility index (Phi) is 4.97. The van der Waals surface area contributed by atoms with E-state index in [9.17, 15) is 4.79 Å². The summed E-state index contributed by atoms with van der Waals surface area (Å²) in [7, 11) is 3.12. The van der Waals surface area contributed by atoms with E-state index in [-0.39, 0.29) is 5.91 Å². The molecule has 2 aromatic carbocycles. The standard InChI is InChI=1S/C21H21N3O4/c1-26-17-10-16(11-18(12-17)27-2)22-20(25)15-8-4-7-14(9-15)19-23-21(28-24-19)13-5-3-6-13/h4,7-13H,3,5-6H2,1-2H3,(H,22,25). The third-order valence-corrected chi connectivity index (χ3v) is 4.89. The molecular formula is C21H21N3O4. The highest BCUT2D eigenvalue weighted by molar-refractivity contribution is 6.05. The Labute approximate surface area is 162 Å². The number of anilines is 1. The SMILES string of the molecule is COc1cc(NC(=O)c2cccc(-c3noc(C4CCC4)n3)c2)cc(OC)c1. The van der Waals surface area contributed by atoms with Crippen LogP contribution in [0.4, 0.5) is 5.69 Å². The summed E-state index contributed by atoms with van der Waals surface area (Å²) in [5, 5.41) is 6.93. The molecule has 1 fully saturated rings. The monoisotopic (exact) mass is 379 g/mol. The molecule has 0 radical (unpaired) electrons. The quantitative estimate of drug-likeness (QED) is 0.688. The van der Waals surface area contributed by atoms with Crippen LogP contribution < -0.4 is 14.8 Å². The maximum Gasteiger partial charge on any atom is 0.255 e. The number of nitrogens with one attached hydrogen (secondary N) is 1. The average molecular weight is 379 g/mol. The van der Waals surface area contributed by atoms with E-state index in [1.54, 1.807) is 50.6 Å². The number of benzene rings is 2. The second-order valence-electron chi connectivity index (χ2n) is 6.72. The van der Waals surface area contributed by atoms with Crippen LogP contribution in [0.2, 0.25) is 0 Å². The van der Waals surface area contributed by atoms with Crippen molar-refractivity contribution >= 4 is 11.6 Å². The van der Waals surface area contributed by atoms with Gasteiger partial charge in [0.25, 0.3) is 5.91 Å². The van der Waals surface area contributed by atoms with Gasteiger partial charge in [0.05, 0.1) is 14.2 Å². The predicted molar refractivity (Wildman–Crippen MR) is 104 cm³/mol. The number of methoxy groups -OCH3 is 2. The Morgan fingerprint density at radius 2 is 1.86 bits per heavy atom. The van der Waals surface area contributed by atoms with Crippen LogP contribution in [0.5, 0.6) is 11.5 Å². The first-order chi connectivity index (χ1) is 13.7. The van der Waals surface area contributed by atoms with E-state index in [0.29, 0.717) is 40.4 Å². The Morgan fingerprint density at radius 1 is 1.11 bits per heavy atom. The largest absolute Gasteiger partial charge is 0.497 e. The van der Waals surface area contributed by atoms with Crippen LogP contribution in [0.15, 0.2) is 47.0 Å².